The van der Waals surface area contributed by atoms with Crippen LogP contribution in [0.2, 0.25) is 0 Å². The maximum atomic E-state index is 12.3. The van der Waals surface area contributed by atoms with Crippen LogP contribution in [0, 0.1) is 5.41 Å². The number of imidazole rings is 1. The van der Waals surface area contributed by atoms with Gasteiger partial charge in [-0.2, -0.15) is 0 Å². The summed E-state index contributed by atoms with van der Waals surface area (Å²) in [5.41, 5.74) is 1.92. The minimum Gasteiger partial charge on any atom is -0.493 e. The fraction of sp³-hybridized carbons (Fsp3) is 0.300. The smallest absolute Gasteiger partial charge is 0.316 e. The van der Waals surface area contributed by atoms with Gasteiger partial charge >= 0.3 is 5.97 Å². The predicted octanol–water partition coefficient (Wildman–Crippen LogP) is 4.20. The second-order valence-electron chi connectivity index (χ2n) is 6.95. The first-order valence-electron chi connectivity index (χ1n) is 8.27. The minimum absolute atomic E-state index is 0.259. The number of aromatic amines is 1. The predicted molar refractivity (Wildman–Crippen MR) is 99.7 cm³/mol. The van der Waals surface area contributed by atoms with Crippen molar-refractivity contribution in [2.24, 2.45) is 5.41 Å². The van der Waals surface area contributed by atoms with Gasteiger partial charge in [-0.05, 0) is 45.0 Å². The third-order valence-corrected chi connectivity index (χ3v) is 3.93. The monoisotopic (exact) mass is 354 g/mol. The number of rotatable bonds is 4. The molecule has 0 atom stereocenters. The third-order valence-electron chi connectivity index (χ3n) is 3.93. The number of nitrogens with one attached hydrogen (secondary N) is 1. The van der Waals surface area contributed by atoms with E-state index in [2.05, 4.69) is 9.97 Å². The fourth-order valence-electron chi connectivity index (χ4n) is 2.45. The Bertz CT molecular complexity index is 896. The highest BCUT2D eigenvalue weighted by atomic mass is 16.6. The number of carbonyl (C=O) groups is 1. The van der Waals surface area contributed by atoms with Gasteiger partial charge < -0.3 is 19.2 Å². The summed E-state index contributed by atoms with van der Waals surface area (Å²) in [7, 11) is 3.04. The summed E-state index contributed by atoms with van der Waals surface area (Å²) < 4.78 is 16.4. The summed E-state index contributed by atoms with van der Waals surface area (Å²) in [6.07, 6.45) is 0. The van der Waals surface area contributed by atoms with Crippen molar-refractivity contribution in [3.05, 3.63) is 36.4 Å². The number of carbonyl (C=O) groups excluding carboxylic acids is 1. The van der Waals surface area contributed by atoms with Crippen LogP contribution in [0.25, 0.3) is 22.4 Å². The van der Waals surface area contributed by atoms with Crippen LogP contribution < -0.4 is 14.2 Å². The van der Waals surface area contributed by atoms with Gasteiger partial charge in [0, 0.05) is 5.56 Å². The molecule has 3 rings (SSSR count). The molecule has 0 spiro atoms. The van der Waals surface area contributed by atoms with Crippen LogP contribution in [0.4, 0.5) is 0 Å². The molecule has 0 unspecified atom stereocenters. The lowest BCUT2D eigenvalue weighted by molar-refractivity contribution is -0.143. The number of H-pyrrole nitrogens is 1. The van der Waals surface area contributed by atoms with Crippen molar-refractivity contribution in [1.82, 2.24) is 9.97 Å². The highest BCUT2D eigenvalue weighted by Gasteiger charge is 2.27. The zero-order valence-electron chi connectivity index (χ0n) is 15.5. The van der Waals surface area contributed by atoms with Gasteiger partial charge in [0.1, 0.15) is 5.82 Å². The molecule has 26 heavy (non-hydrogen) atoms. The molecule has 0 aliphatic carbocycles. The lowest BCUT2D eigenvalue weighted by atomic mass is 9.97. The van der Waals surface area contributed by atoms with E-state index in [1.54, 1.807) is 32.9 Å². The van der Waals surface area contributed by atoms with Gasteiger partial charge in [-0.1, -0.05) is 12.1 Å². The van der Waals surface area contributed by atoms with E-state index in [4.69, 9.17) is 14.2 Å². The molecule has 0 aliphatic heterocycles. The molecule has 1 heterocycles. The molecular weight excluding hydrogens is 332 g/mol. The van der Waals surface area contributed by atoms with Crippen molar-refractivity contribution in [2.45, 2.75) is 20.8 Å². The number of benzene rings is 2. The highest BCUT2D eigenvalue weighted by molar-refractivity contribution is 5.82. The topological polar surface area (TPSA) is 73.4 Å². The summed E-state index contributed by atoms with van der Waals surface area (Å²) in [4.78, 5) is 20.1. The normalized spacial score (nSPS) is 11.4. The lowest BCUT2D eigenvalue weighted by Crippen LogP contribution is -2.26. The first kappa shape index (κ1) is 17.8. The first-order valence-corrected chi connectivity index (χ1v) is 8.27. The zero-order chi connectivity index (χ0) is 18.9. The molecule has 1 N–H and O–H groups in total. The Labute approximate surface area is 152 Å². The number of nitrogens with zero attached hydrogens (tertiary/aromatic N) is 1. The number of aromatic nitrogens is 2. The van der Waals surface area contributed by atoms with Crippen molar-refractivity contribution < 1.29 is 19.0 Å². The largest absolute Gasteiger partial charge is 0.493 e. The SMILES string of the molecule is COc1cc(-c2nc3ccccc3[nH]2)cc(OC)c1OC(=O)C(C)(C)C. The van der Waals surface area contributed by atoms with E-state index in [9.17, 15) is 4.79 Å². The van der Waals surface area contributed by atoms with E-state index in [1.807, 2.05) is 24.3 Å². The first-order chi connectivity index (χ1) is 12.3. The average Bonchev–Trinajstić information content (AvgIpc) is 3.05. The van der Waals surface area contributed by atoms with E-state index in [0.717, 1.165) is 16.6 Å². The maximum Gasteiger partial charge on any atom is 0.316 e. The molecule has 6 nitrogen and oxygen atoms in total. The van der Waals surface area contributed by atoms with Crippen molar-refractivity contribution in [2.75, 3.05) is 14.2 Å². The van der Waals surface area contributed by atoms with Crippen LogP contribution in [0.15, 0.2) is 36.4 Å². The molecule has 0 bridgehead atoms. The standard InChI is InChI=1S/C20H22N2O4/c1-20(2,3)19(23)26-17-15(24-4)10-12(11-16(17)25-5)18-21-13-8-6-7-9-14(13)22-18/h6-11H,1-5H3,(H,21,22). The van der Waals surface area contributed by atoms with Crippen molar-refractivity contribution in [3.63, 3.8) is 0 Å². The van der Waals surface area contributed by atoms with E-state index < -0.39 is 5.41 Å². The van der Waals surface area contributed by atoms with Gasteiger partial charge in [0.15, 0.2) is 11.5 Å². The third kappa shape index (κ3) is 3.35. The quantitative estimate of drug-likeness (QED) is 0.561. The maximum absolute atomic E-state index is 12.3. The highest BCUT2D eigenvalue weighted by Crippen LogP contribution is 2.42. The molecule has 6 heteroatoms. The van der Waals surface area contributed by atoms with E-state index in [0.29, 0.717) is 17.3 Å². The molecule has 3 aromatic rings. The Hall–Kier alpha value is -3.02. The zero-order valence-corrected chi connectivity index (χ0v) is 15.5. The molecule has 136 valence electrons. The number of ether oxygens (including phenoxy) is 3. The average molecular weight is 354 g/mol. The van der Waals surface area contributed by atoms with E-state index >= 15 is 0 Å². The van der Waals surface area contributed by atoms with Gasteiger partial charge in [0.05, 0.1) is 30.7 Å². The number of para-hydroxylation sites is 2. The lowest BCUT2D eigenvalue weighted by Gasteiger charge is -2.19. The number of fused-ring (bicyclic) bond motifs is 1. The summed E-state index contributed by atoms with van der Waals surface area (Å²) in [5.74, 6) is 1.37. The Balaban J connectivity index is 2.07. The van der Waals surface area contributed by atoms with Crippen LogP contribution >= 0.6 is 0 Å². The number of hydrogen-bond donors (Lipinski definition) is 1. The van der Waals surface area contributed by atoms with Crippen molar-refractivity contribution in [3.8, 4) is 28.6 Å². The Morgan fingerprint density at radius 2 is 1.65 bits per heavy atom. The Morgan fingerprint density at radius 3 is 2.19 bits per heavy atom. The summed E-state index contributed by atoms with van der Waals surface area (Å²) in [6.45, 7) is 5.37. The van der Waals surface area contributed by atoms with Gasteiger partial charge in [-0.3, -0.25) is 4.79 Å². The van der Waals surface area contributed by atoms with Crippen LogP contribution in [-0.4, -0.2) is 30.2 Å². The van der Waals surface area contributed by atoms with Crippen LogP contribution in [0.1, 0.15) is 20.8 Å². The number of hydrogen-bond acceptors (Lipinski definition) is 5. The van der Waals surface area contributed by atoms with Gasteiger partial charge in [0.25, 0.3) is 0 Å². The van der Waals surface area contributed by atoms with Crippen LogP contribution in [0.3, 0.4) is 0 Å². The number of methoxy groups -OCH3 is 2. The number of esters is 1. The molecule has 1 aromatic heterocycles. The second-order valence-corrected chi connectivity index (χ2v) is 6.95. The van der Waals surface area contributed by atoms with Crippen LogP contribution in [-0.2, 0) is 4.79 Å². The van der Waals surface area contributed by atoms with Gasteiger partial charge in [-0.25, -0.2) is 4.98 Å². The van der Waals surface area contributed by atoms with Gasteiger partial charge in [0.2, 0.25) is 5.75 Å². The molecular formula is C20H22N2O4. The Morgan fingerprint density at radius 1 is 1.04 bits per heavy atom. The van der Waals surface area contributed by atoms with Crippen molar-refractivity contribution >= 4 is 17.0 Å². The molecule has 0 saturated heterocycles. The van der Waals surface area contributed by atoms with E-state index in [-0.39, 0.29) is 11.7 Å². The molecule has 0 fully saturated rings. The van der Waals surface area contributed by atoms with Crippen molar-refractivity contribution in [1.29, 1.82) is 0 Å². The molecule has 0 amide bonds. The minimum atomic E-state index is -0.645. The Kier molecular flexibility index (Phi) is 4.59. The summed E-state index contributed by atoms with van der Waals surface area (Å²) >= 11 is 0. The molecule has 0 saturated carbocycles. The van der Waals surface area contributed by atoms with Crippen LogP contribution in [0.5, 0.6) is 17.2 Å². The van der Waals surface area contributed by atoms with Gasteiger partial charge in [-0.15, -0.1) is 0 Å². The molecule has 0 radical (unpaired) electrons. The second kappa shape index (κ2) is 6.71. The summed E-state index contributed by atoms with van der Waals surface area (Å²) in [5, 5.41) is 0. The molecule has 2 aromatic carbocycles. The van der Waals surface area contributed by atoms with E-state index in [1.165, 1.54) is 14.2 Å². The molecule has 0 aliphatic rings. The fourth-order valence-corrected chi connectivity index (χ4v) is 2.45. The summed E-state index contributed by atoms with van der Waals surface area (Å²) in [6, 6.07) is 11.3.